The monoisotopic (exact) mass is 362 g/mol. The lowest BCUT2D eigenvalue weighted by atomic mass is 10.0. The zero-order chi connectivity index (χ0) is 19.1. The standard InChI is InChI=1S/C23H22O4/c1-3-26-21-14-10-19(11-15-21)18-6-8-20(9-7-18)23(24)27-22-12-4-17(5-13-22)16-25-2/h4-15H,3,16H2,1-2H3. The van der Waals surface area contributed by atoms with E-state index in [0.717, 1.165) is 22.4 Å². The average molecular weight is 362 g/mol. The lowest BCUT2D eigenvalue weighted by Gasteiger charge is -2.08. The van der Waals surface area contributed by atoms with Gasteiger partial charge in [0.15, 0.2) is 0 Å². The molecular formula is C23H22O4. The fourth-order valence-electron chi connectivity index (χ4n) is 2.70. The summed E-state index contributed by atoms with van der Waals surface area (Å²) in [4.78, 5) is 12.3. The number of rotatable bonds is 7. The van der Waals surface area contributed by atoms with E-state index < -0.39 is 0 Å². The van der Waals surface area contributed by atoms with Gasteiger partial charge in [0, 0.05) is 7.11 Å². The predicted molar refractivity (Wildman–Crippen MR) is 105 cm³/mol. The molecule has 0 unspecified atom stereocenters. The van der Waals surface area contributed by atoms with Crippen LogP contribution in [-0.2, 0) is 11.3 Å². The van der Waals surface area contributed by atoms with Crippen LogP contribution in [0.3, 0.4) is 0 Å². The Labute approximate surface area is 159 Å². The second-order valence-electron chi connectivity index (χ2n) is 6.00. The summed E-state index contributed by atoms with van der Waals surface area (Å²) >= 11 is 0. The quantitative estimate of drug-likeness (QED) is 0.432. The molecule has 0 aliphatic carbocycles. The van der Waals surface area contributed by atoms with Crippen molar-refractivity contribution in [2.45, 2.75) is 13.5 Å². The molecule has 0 N–H and O–H groups in total. The molecule has 0 atom stereocenters. The van der Waals surface area contributed by atoms with Gasteiger partial charge in [0.25, 0.3) is 0 Å². The van der Waals surface area contributed by atoms with Gasteiger partial charge in [0.05, 0.1) is 18.8 Å². The van der Waals surface area contributed by atoms with Crippen molar-refractivity contribution in [3.63, 3.8) is 0 Å². The molecule has 0 saturated heterocycles. The third-order valence-corrected chi connectivity index (χ3v) is 4.06. The van der Waals surface area contributed by atoms with Crippen LogP contribution >= 0.6 is 0 Å². The normalized spacial score (nSPS) is 10.4. The number of ether oxygens (including phenoxy) is 3. The molecule has 0 saturated carbocycles. The second kappa shape index (κ2) is 9.01. The van der Waals surface area contributed by atoms with Crippen molar-refractivity contribution in [1.29, 1.82) is 0 Å². The van der Waals surface area contributed by atoms with E-state index >= 15 is 0 Å². The van der Waals surface area contributed by atoms with E-state index in [0.29, 0.717) is 24.5 Å². The van der Waals surface area contributed by atoms with Gasteiger partial charge < -0.3 is 14.2 Å². The van der Waals surface area contributed by atoms with Crippen LogP contribution in [0.4, 0.5) is 0 Å². The Morgan fingerprint density at radius 2 is 1.33 bits per heavy atom. The molecule has 0 aromatic heterocycles. The minimum atomic E-state index is -0.382. The van der Waals surface area contributed by atoms with E-state index in [9.17, 15) is 4.79 Å². The maximum Gasteiger partial charge on any atom is 0.343 e. The van der Waals surface area contributed by atoms with E-state index in [1.807, 2.05) is 55.5 Å². The SMILES string of the molecule is CCOc1ccc(-c2ccc(C(=O)Oc3ccc(COC)cc3)cc2)cc1. The lowest BCUT2D eigenvalue weighted by Crippen LogP contribution is -2.08. The Kier molecular flexibility index (Phi) is 6.23. The van der Waals surface area contributed by atoms with Gasteiger partial charge in [-0.05, 0) is 60.0 Å². The Bertz CT molecular complexity index is 866. The van der Waals surface area contributed by atoms with Crippen molar-refractivity contribution in [1.82, 2.24) is 0 Å². The maximum atomic E-state index is 12.3. The minimum absolute atomic E-state index is 0.382. The first-order chi connectivity index (χ1) is 13.2. The fourth-order valence-corrected chi connectivity index (χ4v) is 2.70. The van der Waals surface area contributed by atoms with Crippen molar-refractivity contribution in [2.75, 3.05) is 13.7 Å². The van der Waals surface area contributed by atoms with Crippen molar-refractivity contribution in [3.05, 3.63) is 83.9 Å². The number of hydrogen-bond donors (Lipinski definition) is 0. The Hall–Kier alpha value is -3.11. The van der Waals surface area contributed by atoms with Gasteiger partial charge in [0.2, 0.25) is 0 Å². The summed E-state index contributed by atoms with van der Waals surface area (Å²) in [5.74, 6) is 0.973. The molecule has 27 heavy (non-hydrogen) atoms. The highest BCUT2D eigenvalue weighted by Crippen LogP contribution is 2.23. The first-order valence-electron chi connectivity index (χ1n) is 8.83. The summed E-state index contributed by atoms with van der Waals surface area (Å²) in [5.41, 5.74) is 3.62. The van der Waals surface area contributed by atoms with Gasteiger partial charge in [0.1, 0.15) is 11.5 Å². The largest absolute Gasteiger partial charge is 0.494 e. The van der Waals surface area contributed by atoms with Crippen LogP contribution < -0.4 is 9.47 Å². The average Bonchev–Trinajstić information content (AvgIpc) is 2.71. The van der Waals surface area contributed by atoms with E-state index in [2.05, 4.69) is 0 Å². The highest BCUT2D eigenvalue weighted by atomic mass is 16.5. The molecule has 4 nitrogen and oxygen atoms in total. The molecule has 0 radical (unpaired) electrons. The number of carbonyl (C=O) groups is 1. The smallest absolute Gasteiger partial charge is 0.343 e. The van der Waals surface area contributed by atoms with Crippen LogP contribution in [0.5, 0.6) is 11.5 Å². The summed E-state index contributed by atoms with van der Waals surface area (Å²) in [6, 6.07) is 22.5. The van der Waals surface area contributed by atoms with Crippen LogP contribution in [0, 0.1) is 0 Å². The predicted octanol–water partition coefficient (Wildman–Crippen LogP) is 5.12. The van der Waals surface area contributed by atoms with Crippen molar-refractivity contribution in [3.8, 4) is 22.6 Å². The van der Waals surface area contributed by atoms with Crippen LogP contribution in [0.25, 0.3) is 11.1 Å². The first kappa shape index (κ1) is 18.7. The number of hydrogen-bond acceptors (Lipinski definition) is 4. The highest BCUT2D eigenvalue weighted by molar-refractivity contribution is 5.91. The third-order valence-electron chi connectivity index (χ3n) is 4.06. The molecule has 0 fully saturated rings. The lowest BCUT2D eigenvalue weighted by molar-refractivity contribution is 0.0734. The summed E-state index contributed by atoms with van der Waals surface area (Å²) in [6.07, 6.45) is 0. The molecule has 0 bridgehead atoms. The topological polar surface area (TPSA) is 44.8 Å². The van der Waals surface area contributed by atoms with Gasteiger partial charge in [-0.2, -0.15) is 0 Å². The molecule has 0 spiro atoms. The van der Waals surface area contributed by atoms with Crippen molar-refractivity contribution < 1.29 is 19.0 Å². The zero-order valence-electron chi connectivity index (χ0n) is 15.5. The number of carbonyl (C=O) groups excluding carboxylic acids is 1. The van der Waals surface area contributed by atoms with Crippen LogP contribution in [0.15, 0.2) is 72.8 Å². The molecule has 3 rings (SSSR count). The van der Waals surface area contributed by atoms with Crippen LogP contribution in [0.1, 0.15) is 22.8 Å². The van der Waals surface area contributed by atoms with Gasteiger partial charge in [-0.1, -0.05) is 36.4 Å². The Balaban J connectivity index is 1.66. The van der Waals surface area contributed by atoms with Crippen LogP contribution in [0.2, 0.25) is 0 Å². The molecule has 0 aliphatic heterocycles. The van der Waals surface area contributed by atoms with Gasteiger partial charge in [-0.15, -0.1) is 0 Å². The van der Waals surface area contributed by atoms with Crippen molar-refractivity contribution >= 4 is 5.97 Å². The molecule has 3 aromatic carbocycles. The zero-order valence-corrected chi connectivity index (χ0v) is 15.5. The van der Waals surface area contributed by atoms with E-state index in [1.165, 1.54) is 0 Å². The molecule has 0 aliphatic rings. The molecule has 4 heteroatoms. The number of esters is 1. The summed E-state index contributed by atoms with van der Waals surface area (Å²) in [6.45, 7) is 3.13. The van der Waals surface area contributed by atoms with Gasteiger partial charge >= 0.3 is 5.97 Å². The molecule has 0 amide bonds. The summed E-state index contributed by atoms with van der Waals surface area (Å²) in [7, 11) is 1.64. The van der Waals surface area contributed by atoms with E-state index in [4.69, 9.17) is 14.2 Å². The Morgan fingerprint density at radius 1 is 0.778 bits per heavy atom. The number of benzene rings is 3. The van der Waals surface area contributed by atoms with E-state index in [1.54, 1.807) is 31.4 Å². The van der Waals surface area contributed by atoms with Crippen LogP contribution in [-0.4, -0.2) is 19.7 Å². The highest BCUT2D eigenvalue weighted by Gasteiger charge is 2.09. The fraction of sp³-hybridized carbons (Fsp3) is 0.174. The van der Waals surface area contributed by atoms with Gasteiger partial charge in [-0.3, -0.25) is 0 Å². The third kappa shape index (κ3) is 4.96. The summed E-state index contributed by atoms with van der Waals surface area (Å²) < 4.78 is 16.0. The second-order valence-corrected chi connectivity index (χ2v) is 6.00. The minimum Gasteiger partial charge on any atom is -0.494 e. The van der Waals surface area contributed by atoms with E-state index in [-0.39, 0.29) is 5.97 Å². The summed E-state index contributed by atoms with van der Waals surface area (Å²) in [5, 5.41) is 0. The van der Waals surface area contributed by atoms with Crippen molar-refractivity contribution in [2.24, 2.45) is 0 Å². The Morgan fingerprint density at radius 3 is 1.89 bits per heavy atom. The maximum absolute atomic E-state index is 12.3. The molecule has 0 heterocycles. The molecule has 3 aromatic rings. The van der Waals surface area contributed by atoms with Gasteiger partial charge in [-0.25, -0.2) is 4.79 Å². The first-order valence-corrected chi connectivity index (χ1v) is 8.83. The number of methoxy groups -OCH3 is 1. The molecular weight excluding hydrogens is 340 g/mol. The molecule has 138 valence electrons.